The maximum atomic E-state index is 16.1. The Hall–Kier alpha value is -4.95. The Morgan fingerprint density at radius 2 is 1.14 bits per heavy atom. The molecule has 0 radical (unpaired) electrons. The number of allylic oxidation sites excluding steroid dienone is 3. The van der Waals surface area contributed by atoms with Gasteiger partial charge in [0, 0.05) is 113 Å². The van der Waals surface area contributed by atoms with Crippen molar-refractivity contribution in [2.45, 2.75) is 118 Å². The summed E-state index contributed by atoms with van der Waals surface area (Å²) in [5.74, 6) is 1.90. The average Bonchev–Trinajstić information content (AvgIpc) is 4.19. The van der Waals surface area contributed by atoms with Crippen LogP contribution in [0.15, 0.2) is 143 Å². The monoisotopic (exact) mass is 868 g/mol. The lowest BCUT2D eigenvalue weighted by Gasteiger charge is -2.57. The summed E-state index contributed by atoms with van der Waals surface area (Å²) in [6.45, 7) is 12.3. The number of amides is 1. The van der Waals surface area contributed by atoms with E-state index in [1.165, 1.54) is 54.0 Å². The molecule has 11 aliphatic heterocycles. The molecule has 1 amide bonds. The van der Waals surface area contributed by atoms with E-state index >= 15 is 4.79 Å². The summed E-state index contributed by atoms with van der Waals surface area (Å²) in [6.07, 6.45) is 22.4. The van der Waals surface area contributed by atoms with E-state index in [4.69, 9.17) is 0 Å². The number of carbonyl (C=O) groups excluding carboxylic acids is 1. The van der Waals surface area contributed by atoms with Gasteiger partial charge in [-0.1, -0.05) is 95.6 Å². The van der Waals surface area contributed by atoms with Crippen molar-refractivity contribution in [3.8, 4) is 0 Å². The first-order valence-electron chi connectivity index (χ1n) is 26.0. The predicted octanol–water partition coefficient (Wildman–Crippen LogP) is 8.76. The summed E-state index contributed by atoms with van der Waals surface area (Å²) in [5, 5.41) is 0. The van der Waals surface area contributed by atoms with E-state index in [0.29, 0.717) is 53.7 Å². The Morgan fingerprint density at radius 1 is 0.591 bits per heavy atom. The van der Waals surface area contributed by atoms with Crippen molar-refractivity contribution in [2.24, 2.45) is 23.7 Å². The Kier molecular flexibility index (Phi) is 6.75. The summed E-state index contributed by atoms with van der Waals surface area (Å²) in [7, 11) is 0. The first-order chi connectivity index (χ1) is 32.4. The molecule has 6 saturated heterocycles. The number of piperidine rings is 3. The molecule has 3 aliphatic carbocycles. The number of fused-ring (bicyclic) bond motifs is 12. The van der Waals surface area contributed by atoms with E-state index in [2.05, 4.69) is 160 Å². The molecule has 0 aromatic heterocycles. The van der Waals surface area contributed by atoms with Crippen molar-refractivity contribution in [3.63, 3.8) is 0 Å². The van der Waals surface area contributed by atoms with Gasteiger partial charge in [-0.15, -0.1) is 0 Å². The zero-order valence-electron chi connectivity index (χ0n) is 38.6. The van der Waals surface area contributed by atoms with Gasteiger partial charge in [0.1, 0.15) is 0 Å². The van der Waals surface area contributed by atoms with Crippen molar-refractivity contribution in [3.05, 3.63) is 160 Å². The number of para-hydroxylation sites is 3. The van der Waals surface area contributed by atoms with E-state index in [9.17, 15) is 0 Å². The van der Waals surface area contributed by atoms with Crippen LogP contribution in [0.5, 0.6) is 0 Å². The van der Waals surface area contributed by atoms with Crippen molar-refractivity contribution in [1.82, 2.24) is 14.7 Å². The van der Waals surface area contributed by atoms with Crippen molar-refractivity contribution in [1.29, 1.82) is 0 Å². The summed E-state index contributed by atoms with van der Waals surface area (Å²) >= 11 is 0. The molecule has 0 unspecified atom stereocenters. The summed E-state index contributed by atoms with van der Waals surface area (Å²) < 4.78 is 0. The summed E-state index contributed by atoms with van der Waals surface area (Å²) in [5.41, 5.74) is 17.7. The molecule has 14 aliphatic rings. The van der Waals surface area contributed by atoms with Crippen LogP contribution in [0, 0.1) is 23.7 Å². The number of hydrogen-bond acceptors (Lipinski definition) is 6. The molecule has 3 aromatic rings. The topological polar surface area (TPSA) is 36.5 Å². The zero-order valence-corrected chi connectivity index (χ0v) is 38.6. The fourth-order valence-electron chi connectivity index (χ4n) is 20.0. The van der Waals surface area contributed by atoms with Gasteiger partial charge in [0.15, 0.2) is 0 Å². The van der Waals surface area contributed by atoms with Crippen molar-refractivity contribution >= 4 is 23.0 Å². The molecule has 14 atom stereocenters. The van der Waals surface area contributed by atoms with Crippen LogP contribution in [0.1, 0.15) is 76.0 Å². The smallest absolute Gasteiger partial charge is 0.255 e. The predicted molar refractivity (Wildman–Crippen MR) is 260 cm³/mol. The lowest BCUT2D eigenvalue weighted by Crippen LogP contribution is -2.66. The highest BCUT2D eigenvalue weighted by Gasteiger charge is 2.74. The third-order valence-corrected chi connectivity index (χ3v) is 22.0. The zero-order chi connectivity index (χ0) is 43.3. The Morgan fingerprint density at radius 3 is 1.82 bits per heavy atom. The quantitative estimate of drug-likeness (QED) is 0.228. The highest BCUT2D eigenvalue weighted by atomic mass is 16.2. The summed E-state index contributed by atoms with van der Waals surface area (Å²) in [6, 6.07) is 30.5. The van der Waals surface area contributed by atoms with Gasteiger partial charge in [0.05, 0.1) is 18.1 Å². The molecular formula is C59H60N6O. The highest BCUT2D eigenvalue weighted by molar-refractivity contribution is 6.10. The van der Waals surface area contributed by atoms with Gasteiger partial charge in [-0.3, -0.25) is 19.5 Å². The maximum Gasteiger partial charge on any atom is 0.255 e. The molecule has 9 fully saturated rings. The summed E-state index contributed by atoms with van der Waals surface area (Å²) in [4.78, 5) is 32.8. The van der Waals surface area contributed by atoms with Crippen LogP contribution in [-0.2, 0) is 21.0 Å². The minimum atomic E-state index is -0.161. The number of hydrogen-bond donors (Lipinski definition) is 0. The lowest BCUT2D eigenvalue weighted by atomic mass is 9.54. The SMILES string of the molecule is C/C=C1\CN2[C@@H](C3=C[C@@H]4[C@@H]5N(C3=O)c3ccccc3[C@@]53CCN5C/C(=C\C)[C@@H]4C[C@H]53)C[C@@]34c5ccccc5N5/C=C6/[C@H]7C[C@@H]8N(CC[C@@]89c8ccccc8N(/C=C(/[C@H]1C[C@H]23)[C@@H]54)[C@H]69)C/C7=C/C. The van der Waals surface area contributed by atoms with Gasteiger partial charge >= 0.3 is 0 Å². The van der Waals surface area contributed by atoms with Crippen molar-refractivity contribution < 1.29 is 4.79 Å². The molecule has 332 valence electrons. The van der Waals surface area contributed by atoms with Gasteiger partial charge in [-0.2, -0.15) is 0 Å². The molecule has 6 bridgehead atoms. The lowest BCUT2D eigenvalue weighted by molar-refractivity contribution is -0.118. The fraction of sp³-hybridized carbons (Fsp3) is 0.475. The number of benzene rings is 3. The molecule has 7 heteroatoms. The second-order valence-corrected chi connectivity index (χ2v) is 23.3. The van der Waals surface area contributed by atoms with Crippen LogP contribution in [0.25, 0.3) is 0 Å². The molecule has 3 spiro atoms. The minimum absolute atomic E-state index is 0.0101. The van der Waals surface area contributed by atoms with Gasteiger partial charge < -0.3 is 14.7 Å². The number of rotatable bonds is 1. The standard InChI is InChI=1S/C59H60N6O/c1-4-33-28-61-22-20-58-45-15-9-12-18-48(45)65-55(58)39(36(33)24-51(58)61)23-40(56(65)66)49-27-59-44-14-8-11-17-47(44)64-31-41-37-25-50-57(19-21-60(50)29-34(37)5-2)43-13-7-10-16-46(43)63(53(41)57)32-42(54(59)64)38-26-52(59)62(49)30-35(38)6-3/h4-18,23,31-32,36-39,49-55H,19-22,24-30H2,1-3H3/b33-4+,34-5-,35-6+,41-31-,42-32-/t36-,37-,38-,39-,49+,50-,51-,52-,53+,54+,55-,57+,58+,59+/m0/s1. The molecule has 66 heavy (non-hydrogen) atoms. The van der Waals surface area contributed by atoms with Crippen LogP contribution in [-0.4, -0.2) is 95.6 Å². The first-order valence-corrected chi connectivity index (χ1v) is 26.0. The van der Waals surface area contributed by atoms with Crippen LogP contribution in [0.4, 0.5) is 17.1 Å². The Labute approximate surface area is 389 Å². The molecular weight excluding hydrogens is 809 g/mol. The molecule has 17 rings (SSSR count). The van der Waals surface area contributed by atoms with E-state index in [0.717, 1.165) is 51.0 Å². The third kappa shape index (κ3) is 3.79. The Balaban J connectivity index is 0.885. The highest BCUT2D eigenvalue weighted by Crippen LogP contribution is 2.70. The molecule has 7 nitrogen and oxygen atoms in total. The van der Waals surface area contributed by atoms with Crippen molar-refractivity contribution in [2.75, 3.05) is 47.4 Å². The van der Waals surface area contributed by atoms with E-state index < -0.39 is 0 Å². The average molecular weight is 869 g/mol. The van der Waals surface area contributed by atoms with Crippen LogP contribution in [0.2, 0.25) is 0 Å². The number of carbonyl (C=O) groups is 1. The van der Waals surface area contributed by atoms with Crippen LogP contribution >= 0.6 is 0 Å². The van der Waals surface area contributed by atoms with Gasteiger partial charge in [-0.05, 0) is 124 Å². The largest absolute Gasteiger partial charge is 0.339 e. The van der Waals surface area contributed by atoms with Crippen LogP contribution < -0.4 is 14.7 Å². The first kappa shape index (κ1) is 37.1. The molecule has 3 saturated carbocycles. The second-order valence-electron chi connectivity index (χ2n) is 23.3. The molecule has 3 aromatic carbocycles. The van der Waals surface area contributed by atoms with E-state index in [1.807, 2.05) is 0 Å². The second kappa shape index (κ2) is 12.0. The number of anilines is 3. The minimum Gasteiger partial charge on any atom is -0.339 e. The third-order valence-electron chi connectivity index (χ3n) is 22.0. The molecule has 0 N–H and O–H groups in total. The van der Waals surface area contributed by atoms with Gasteiger partial charge in [0.25, 0.3) is 5.91 Å². The van der Waals surface area contributed by atoms with E-state index in [1.54, 1.807) is 33.4 Å². The normalized spacial score (nSPS) is 46.6. The van der Waals surface area contributed by atoms with Gasteiger partial charge in [0.2, 0.25) is 0 Å². The Bertz CT molecular complexity index is 2990. The maximum absolute atomic E-state index is 16.1. The molecule has 11 heterocycles. The number of nitrogens with zero attached hydrogens (tertiary/aromatic N) is 6. The fourth-order valence-corrected chi connectivity index (χ4v) is 20.0. The van der Waals surface area contributed by atoms with E-state index in [-0.39, 0.29) is 34.4 Å². The van der Waals surface area contributed by atoms with Gasteiger partial charge in [-0.25, -0.2) is 0 Å². The van der Waals surface area contributed by atoms with Crippen LogP contribution in [0.3, 0.4) is 0 Å².